The van der Waals surface area contributed by atoms with Crippen LogP contribution in [-0.4, -0.2) is 34.1 Å². The van der Waals surface area contributed by atoms with Crippen LogP contribution >= 0.6 is 0 Å². The topological polar surface area (TPSA) is 43.8 Å². The molecule has 1 aliphatic rings. The molecule has 86 valence electrons. The van der Waals surface area contributed by atoms with E-state index in [-0.39, 0.29) is 0 Å². The van der Waals surface area contributed by atoms with Gasteiger partial charge in [-0.3, -0.25) is 4.79 Å². The summed E-state index contributed by atoms with van der Waals surface area (Å²) in [5, 5.41) is 7.42. The Morgan fingerprint density at radius 1 is 1.53 bits per heavy atom. The van der Waals surface area contributed by atoms with Gasteiger partial charge >= 0.3 is 0 Å². The number of carboxylic acid groups (broad SMARTS) is 1. The van der Waals surface area contributed by atoms with E-state index < -0.39 is 5.97 Å². The predicted molar refractivity (Wildman–Crippen MR) is 61.0 cm³/mol. The lowest BCUT2D eigenvalue weighted by atomic mass is 10.4. The molecular weight excluding hydrogens is 192 g/mol. The van der Waals surface area contributed by atoms with E-state index in [2.05, 4.69) is 41.4 Å². The summed E-state index contributed by atoms with van der Waals surface area (Å²) in [5.41, 5.74) is 0. The third kappa shape index (κ3) is 7.61. The maximum atomic E-state index is 9.00. The molecule has 0 aromatic heterocycles. The van der Waals surface area contributed by atoms with E-state index in [9.17, 15) is 0 Å². The monoisotopic (exact) mass is 212 g/mol. The van der Waals surface area contributed by atoms with E-state index >= 15 is 0 Å². The predicted octanol–water partition coefficient (Wildman–Crippen LogP) is 2.07. The normalized spacial score (nSPS) is 14.3. The van der Waals surface area contributed by atoms with E-state index in [0.29, 0.717) is 0 Å². The SMILES string of the molecule is CC(=O)O.CC=CN1C=CN(CCC)C1. The molecule has 4 nitrogen and oxygen atoms in total. The summed E-state index contributed by atoms with van der Waals surface area (Å²) in [5.74, 6) is -0.833. The second-order valence-electron chi connectivity index (χ2n) is 3.27. The lowest BCUT2D eigenvalue weighted by Crippen LogP contribution is -2.22. The van der Waals surface area contributed by atoms with Gasteiger partial charge in [0.15, 0.2) is 0 Å². The molecule has 0 unspecified atom stereocenters. The molecule has 4 heteroatoms. The first-order valence-electron chi connectivity index (χ1n) is 5.10. The molecule has 0 spiro atoms. The van der Waals surface area contributed by atoms with E-state index in [1.54, 1.807) is 0 Å². The van der Waals surface area contributed by atoms with Crippen molar-refractivity contribution in [1.29, 1.82) is 0 Å². The first-order valence-corrected chi connectivity index (χ1v) is 5.10. The summed E-state index contributed by atoms with van der Waals surface area (Å²) >= 11 is 0. The Morgan fingerprint density at radius 2 is 2.13 bits per heavy atom. The molecule has 0 aromatic carbocycles. The molecule has 1 N–H and O–H groups in total. The van der Waals surface area contributed by atoms with Gasteiger partial charge in [-0.05, 0) is 13.3 Å². The van der Waals surface area contributed by atoms with Crippen molar-refractivity contribution in [3.8, 4) is 0 Å². The van der Waals surface area contributed by atoms with Gasteiger partial charge in [-0.25, -0.2) is 0 Å². The minimum atomic E-state index is -0.833. The summed E-state index contributed by atoms with van der Waals surface area (Å²) in [6.45, 7) is 7.49. The third-order valence-corrected chi connectivity index (χ3v) is 1.67. The fraction of sp³-hybridized carbons (Fsp3) is 0.545. The Bertz CT molecular complexity index is 233. The molecule has 1 rings (SSSR count). The van der Waals surface area contributed by atoms with Gasteiger partial charge in [0.1, 0.15) is 0 Å². The Hall–Kier alpha value is -1.45. The van der Waals surface area contributed by atoms with Crippen LogP contribution in [0.2, 0.25) is 0 Å². The first-order chi connectivity index (χ1) is 7.10. The Morgan fingerprint density at radius 3 is 2.60 bits per heavy atom. The maximum absolute atomic E-state index is 9.00. The Balaban J connectivity index is 0.000000423. The number of hydrogen-bond acceptors (Lipinski definition) is 3. The van der Waals surface area contributed by atoms with Crippen LogP contribution in [0, 0.1) is 0 Å². The van der Waals surface area contributed by atoms with Gasteiger partial charge in [0.25, 0.3) is 5.97 Å². The summed E-state index contributed by atoms with van der Waals surface area (Å²) in [4.78, 5) is 13.5. The standard InChI is InChI=1S/C9H16N2.C2H4O2/c1-3-5-10-7-8-11(9-10)6-4-2;1-2(3)4/h3,5,7-8H,4,6,9H2,1-2H3;1H3,(H,3,4). The number of rotatable bonds is 3. The average molecular weight is 212 g/mol. The zero-order valence-electron chi connectivity index (χ0n) is 9.68. The summed E-state index contributed by atoms with van der Waals surface area (Å²) in [7, 11) is 0. The molecular formula is C11H20N2O2. The zero-order valence-corrected chi connectivity index (χ0v) is 9.68. The lowest BCUT2D eigenvalue weighted by molar-refractivity contribution is -0.134. The molecule has 0 bridgehead atoms. The van der Waals surface area contributed by atoms with Crippen molar-refractivity contribution in [3.05, 3.63) is 24.7 Å². The van der Waals surface area contributed by atoms with Crippen molar-refractivity contribution in [2.24, 2.45) is 0 Å². The van der Waals surface area contributed by atoms with Crippen molar-refractivity contribution in [2.75, 3.05) is 13.2 Å². The van der Waals surface area contributed by atoms with Crippen LogP contribution in [0.15, 0.2) is 24.7 Å². The van der Waals surface area contributed by atoms with Gasteiger partial charge in [-0.15, -0.1) is 0 Å². The summed E-state index contributed by atoms with van der Waals surface area (Å²) in [6, 6.07) is 0. The first kappa shape index (κ1) is 13.5. The fourth-order valence-corrected chi connectivity index (χ4v) is 1.20. The van der Waals surface area contributed by atoms with Crippen LogP contribution in [0.3, 0.4) is 0 Å². The highest BCUT2D eigenvalue weighted by atomic mass is 16.4. The van der Waals surface area contributed by atoms with Crippen LogP contribution in [0.5, 0.6) is 0 Å². The van der Waals surface area contributed by atoms with Gasteiger partial charge in [-0.1, -0.05) is 13.0 Å². The van der Waals surface area contributed by atoms with E-state index in [1.807, 2.05) is 6.92 Å². The van der Waals surface area contributed by atoms with Crippen molar-refractivity contribution in [2.45, 2.75) is 27.2 Å². The minimum absolute atomic E-state index is 0.833. The smallest absolute Gasteiger partial charge is 0.300 e. The largest absolute Gasteiger partial charge is 0.481 e. The molecule has 0 saturated heterocycles. The van der Waals surface area contributed by atoms with Gasteiger partial charge in [0, 0.05) is 32.1 Å². The van der Waals surface area contributed by atoms with E-state index in [1.165, 1.54) is 6.42 Å². The van der Waals surface area contributed by atoms with Crippen LogP contribution < -0.4 is 0 Å². The van der Waals surface area contributed by atoms with Crippen molar-refractivity contribution in [1.82, 2.24) is 9.80 Å². The quantitative estimate of drug-likeness (QED) is 0.777. The van der Waals surface area contributed by atoms with Crippen molar-refractivity contribution < 1.29 is 9.90 Å². The number of hydrogen-bond donors (Lipinski definition) is 1. The van der Waals surface area contributed by atoms with Crippen LogP contribution in [0.1, 0.15) is 27.2 Å². The van der Waals surface area contributed by atoms with E-state index in [0.717, 1.165) is 20.1 Å². The average Bonchev–Trinajstić information content (AvgIpc) is 2.53. The van der Waals surface area contributed by atoms with Crippen LogP contribution in [0.4, 0.5) is 0 Å². The number of nitrogens with zero attached hydrogens (tertiary/aromatic N) is 2. The van der Waals surface area contributed by atoms with Gasteiger partial charge < -0.3 is 14.9 Å². The minimum Gasteiger partial charge on any atom is -0.481 e. The summed E-state index contributed by atoms with van der Waals surface area (Å²) < 4.78 is 0. The number of carboxylic acids is 1. The molecule has 0 fully saturated rings. The molecule has 15 heavy (non-hydrogen) atoms. The molecule has 1 heterocycles. The van der Waals surface area contributed by atoms with Crippen LogP contribution in [0.25, 0.3) is 0 Å². The van der Waals surface area contributed by atoms with Gasteiger partial charge in [-0.2, -0.15) is 0 Å². The molecule has 1 aliphatic heterocycles. The summed E-state index contributed by atoms with van der Waals surface area (Å²) in [6.07, 6.45) is 9.61. The highest BCUT2D eigenvalue weighted by molar-refractivity contribution is 5.62. The number of aliphatic carboxylic acids is 1. The fourth-order valence-electron chi connectivity index (χ4n) is 1.20. The zero-order chi connectivity index (χ0) is 11.7. The molecule has 0 radical (unpaired) electrons. The van der Waals surface area contributed by atoms with E-state index in [4.69, 9.17) is 9.90 Å². The molecule has 0 atom stereocenters. The molecule has 0 aliphatic carbocycles. The third-order valence-electron chi connectivity index (χ3n) is 1.67. The molecule has 0 saturated carbocycles. The van der Waals surface area contributed by atoms with Crippen molar-refractivity contribution >= 4 is 5.97 Å². The maximum Gasteiger partial charge on any atom is 0.300 e. The Kier molecular flexibility index (Phi) is 7.14. The number of allylic oxidation sites excluding steroid dienone is 1. The van der Waals surface area contributed by atoms with Gasteiger partial charge in [0.05, 0.1) is 6.67 Å². The highest BCUT2D eigenvalue weighted by Gasteiger charge is 2.06. The van der Waals surface area contributed by atoms with Gasteiger partial charge in [0.2, 0.25) is 0 Å². The lowest BCUT2D eigenvalue weighted by Gasteiger charge is -2.17. The molecule has 0 amide bonds. The second-order valence-corrected chi connectivity index (χ2v) is 3.27. The second kappa shape index (κ2) is 7.91. The Labute approximate surface area is 91.5 Å². The molecule has 0 aromatic rings. The van der Waals surface area contributed by atoms with Crippen molar-refractivity contribution in [3.63, 3.8) is 0 Å². The highest BCUT2D eigenvalue weighted by Crippen LogP contribution is 2.06. The number of carbonyl (C=O) groups is 1. The van der Waals surface area contributed by atoms with Crippen LogP contribution in [-0.2, 0) is 4.79 Å².